The monoisotopic (exact) mass is 256 g/mol. The van der Waals surface area contributed by atoms with Crippen LogP contribution in [0.4, 0.5) is 0 Å². The van der Waals surface area contributed by atoms with Gasteiger partial charge in [-0.05, 0) is 18.9 Å². The molecule has 6 heteroatoms. The fraction of sp³-hybridized carbons (Fsp3) is 0.455. The first-order valence-corrected chi connectivity index (χ1v) is 5.81. The van der Waals surface area contributed by atoms with Gasteiger partial charge in [0.05, 0.1) is 5.02 Å². The molecule has 0 spiro atoms. The van der Waals surface area contributed by atoms with E-state index in [2.05, 4.69) is 10.3 Å². The van der Waals surface area contributed by atoms with Crippen molar-refractivity contribution < 1.29 is 14.7 Å². The van der Waals surface area contributed by atoms with Crippen LogP contribution < -0.4 is 5.32 Å². The third-order valence-corrected chi connectivity index (χ3v) is 3.33. The third-order valence-electron chi connectivity index (χ3n) is 3.11. The summed E-state index contributed by atoms with van der Waals surface area (Å²) in [5.74, 6) is -1.40. The first-order chi connectivity index (χ1) is 8.03. The van der Waals surface area contributed by atoms with E-state index < -0.39 is 17.4 Å². The van der Waals surface area contributed by atoms with Gasteiger partial charge < -0.3 is 15.4 Å². The molecule has 0 aromatic carbocycles. The summed E-state index contributed by atoms with van der Waals surface area (Å²) in [4.78, 5) is 25.8. The molecule has 0 saturated heterocycles. The van der Waals surface area contributed by atoms with Gasteiger partial charge in [-0.3, -0.25) is 4.79 Å². The molecule has 17 heavy (non-hydrogen) atoms. The highest BCUT2D eigenvalue weighted by Crippen LogP contribution is 2.30. The number of rotatable bonds is 3. The first-order valence-electron chi connectivity index (χ1n) is 5.43. The zero-order chi connectivity index (χ0) is 12.5. The van der Waals surface area contributed by atoms with E-state index in [1.807, 2.05) is 0 Å². The number of hydrogen-bond donors (Lipinski definition) is 3. The standard InChI is InChI=1S/C11H13ClN2O3/c12-7-5-8(13-6-7)9(15)14-11(10(16)17)3-1-2-4-11/h5-6,13H,1-4H2,(H,14,15)(H,16,17). The average molecular weight is 257 g/mol. The van der Waals surface area contributed by atoms with Crippen LogP contribution in [0, 0.1) is 0 Å². The molecule has 1 amide bonds. The molecule has 2 rings (SSSR count). The maximum atomic E-state index is 11.9. The number of carbonyl (C=O) groups is 2. The number of aromatic amines is 1. The highest BCUT2D eigenvalue weighted by molar-refractivity contribution is 6.31. The molecule has 1 saturated carbocycles. The highest BCUT2D eigenvalue weighted by Gasteiger charge is 2.42. The fourth-order valence-corrected chi connectivity index (χ4v) is 2.32. The number of nitrogens with one attached hydrogen (secondary N) is 2. The van der Waals surface area contributed by atoms with E-state index in [0.717, 1.165) is 12.8 Å². The quantitative estimate of drug-likeness (QED) is 0.771. The number of hydrogen-bond acceptors (Lipinski definition) is 2. The molecule has 92 valence electrons. The van der Waals surface area contributed by atoms with Crippen LogP contribution in [0.5, 0.6) is 0 Å². The Hall–Kier alpha value is -1.49. The Bertz CT molecular complexity index is 449. The van der Waals surface area contributed by atoms with E-state index in [1.54, 1.807) is 0 Å². The summed E-state index contributed by atoms with van der Waals surface area (Å²) in [5.41, 5.74) is -0.836. The van der Waals surface area contributed by atoms with Crippen molar-refractivity contribution >= 4 is 23.5 Å². The molecule has 1 aromatic rings. The summed E-state index contributed by atoms with van der Waals surface area (Å²) in [7, 11) is 0. The second kappa shape index (κ2) is 4.41. The molecule has 5 nitrogen and oxygen atoms in total. The van der Waals surface area contributed by atoms with Gasteiger partial charge in [-0.1, -0.05) is 24.4 Å². The molecule has 0 aliphatic heterocycles. The van der Waals surface area contributed by atoms with Gasteiger partial charge in [-0.15, -0.1) is 0 Å². The van der Waals surface area contributed by atoms with Gasteiger partial charge in [0.25, 0.3) is 5.91 Å². The van der Waals surface area contributed by atoms with Crippen molar-refractivity contribution in [3.05, 3.63) is 23.0 Å². The molecule has 0 bridgehead atoms. The molecular formula is C11H13ClN2O3. The molecule has 0 radical (unpaired) electrons. The van der Waals surface area contributed by atoms with Crippen LogP contribution in [0.1, 0.15) is 36.2 Å². The van der Waals surface area contributed by atoms with Gasteiger partial charge in [0, 0.05) is 6.20 Å². The number of carboxylic acids is 1. The van der Waals surface area contributed by atoms with Crippen molar-refractivity contribution in [2.45, 2.75) is 31.2 Å². The van der Waals surface area contributed by atoms with Crippen LogP contribution in [-0.2, 0) is 4.79 Å². The minimum absolute atomic E-state index is 0.280. The summed E-state index contributed by atoms with van der Waals surface area (Å²) in [6.45, 7) is 0. The topological polar surface area (TPSA) is 82.2 Å². The summed E-state index contributed by atoms with van der Waals surface area (Å²) < 4.78 is 0. The van der Waals surface area contributed by atoms with Gasteiger partial charge in [0.1, 0.15) is 11.2 Å². The molecular weight excluding hydrogens is 244 g/mol. The number of halogens is 1. The van der Waals surface area contributed by atoms with Crippen LogP contribution >= 0.6 is 11.6 Å². The average Bonchev–Trinajstić information content (AvgIpc) is 2.87. The minimum Gasteiger partial charge on any atom is -0.480 e. The lowest BCUT2D eigenvalue weighted by Gasteiger charge is -2.24. The lowest BCUT2D eigenvalue weighted by molar-refractivity contribution is -0.144. The third kappa shape index (κ3) is 2.29. The van der Waals surface area contributed by atoms with Crippen LogP contribution in [-0.4, -0.2) is 27.5 Å². The predicted molar refractivity (Wildman–Crippen MR) is 62.1 cm³/mol. The molecule has 1 aromatic heterocycles. The van der Waals surface area contributed by atoms with Crippen molar-refractivity contribution in [3.8, 4) is 0 Å². The van der Waals surface area contributed by atoms with Crippen LogP contribution in [0.3, 0.4) is 0 Å². The Morgan fingerprint density at radius 2 is 2.06 bits per heavy atom. The number of aliphatic carboxylic acids is 1. The second-order valence-electron chi connectivity index (χ2n) is 4.28. The number of amides is 1. The molecule has 1 heterocycles. The zero-order valence-corrected chi connectivity index (χ0v) is 9.88. The summed E-state index contributed by atoms with van der Waals surface area (Å²) in [5, 5.41) is 12.2. The predicted octanol–water partition coefficient (Wildman–Crippen LogP) is 1.80. The first kappa shape index (κ1) is 12.0. The minimum atomic E-state index is -1.12. The van der Waals surface area contributed by atoms with E-state index in [0.29, 0.717) is 17.9 Å². The lowest BCUT2D eigenvalue weighted by atomic mass is 9.97. The number of aromatic nitrogens is 1. The SMILES string of the molecule is O=C(NC1(C(=O)O)CCCC1)c1cc(Cl)c[nH]1. The van der Waals surface area contributed by atoms with E-state index in [-0.39, 0.29) is 5.69 Å². The number of carboxylic acid groups (broad SMARTS) is 1. The zero-order valence-electron chi connectivity index (χ0n) is 9.12. The van der Waals surface area contributed by atoms with E-state index in [1.165, 1.54) is 12.3 Å². The van der Waals surface area contributed by atoms with Crippen molar-refractivity contribution in [3.63, 3.8) is 0 Å². The summed E-state index contributed by atoms with van der Waals surface area (Å²) >= 11 is 5.69. The Morgan fingerprint density at radius 1 is 1.41 bits per heavy atom. The van der Waals surface area contributed by atoms with Crippen LogP contribution in [0.2, 0.25) is 5.02 Å². The molecule has 1 aliphatic carbocycles. The maximum Gasteiger partial charge on any atom is 0.329 e. The lowest BCUT2D eigenvalue weighted by Crippen LogP contribution is -2.52. The van der Waals surface area contributed by atoms with Crippen molar-refractivity contribution in [1.29, 1.82) is 0 Å². The van der Waals surface area contributed by atoms with Gasteiger partial charge in [0.15, 0.2) is 0 Å². The van der Waals surface area contributed by atoms with E-state index in [9.17, 15) is 14.7 Å². The Balaban J connectivity index is 2.14. The summed E-state index contributed by atoms with van der Waals surface area (Å²) in [6.07, 6.45) is 4.07. The van der Waals surface area contributed by atoms with Gasteiger partial charge in [0.2, 0.25) is 0 Å². The van der Waals surface area contributed by atoms with Gasteiger partial charge in [-0.2, -0.15) is 0 Å². The molecule has 3 N–H and O–H groups in total. The van der Waals surface area contributed by atoms with Gasteiger partial charge >= 0.3 is 5.97 Å². The second-order valence-corrected chi connectivity index (χ2v) is 4.72. The highest BCUT2D eigenvalue weighted by atomic mass is 35.5. The van der Waals surface area contributed by atoms with Crippen LogP contribution in [0.15, 0.2) is 12.3 Å². The number of H-pyrrole nitrogens is 1. The van der Waals surface area contributed by atoms with E-state index >= 15 is 0 Å². The van der Waals surface area contributed by atoms with Crippen molar-refractivity contribution in [2.75, 3.05) is 0 Å². The van der Waals surface area contributed by atoms with E-state index in [4.69, 9.17) is 11.6 Å². The Labute approximate surface area is 103 Å². The molecule has 1 aliphatic rings. The summed E-state index contributed by atoms with van der Waals surface area (Å²) in [6, 6.07) is 1.47. The maximum absolute atomic E-state index is 11.9. The van der Waals surface area contributed by atoms with Crippen molar-refractivity contribution in [1.82, 2.24) is 10.3 Å². The van der Waals surface area contributed by atoms with Gasteiger partial charge in [-0.25, -0.2) is 4.79 Å². The molecule has 0 unspecified atom stereocenters. The smallest absolute Gasteiger partial charge is 0.329 e. The fourth-order valence-electron chi connectivity index (χ4n) is 2.15. The molecule has 1 fully saturated rings. The Kier molecular flexibility index (Phi) is 3.11. The normalized spacial score (nSPS) is 17.9. The van der Waals surface area contributed by atoms with Crippen LogP contribution in [0.25, 0.3) is 0 Å². The Morgan fingerprint density at radius 3 is 2.53 bits per heavy atom. The molecule has 0 atom stereocenters. The van der Waals surface area contributed by atoms with Crippen molar-refractivity contribution in [2.24, 2.45) is 0 Å². The number of carbonyl (C=O) groups excluding carboxylic acids is 1. The largest absolute Gasteiger partial charge is 0.480 e.